The van der Waals surface area contributed by atoms with Crippen LogP contribution in [0.1, 0.15) is 33.1 Å². The number of nitrogens with zero attached hydrogens (tertiary/aromatic N) is 2. The van der Waals surface area contributed by atoms with Crippen molar-refractivity contribution in [2.75, 3.05) is 17.7 Å². The van der Waals surface area contributed by atoms with E-state index >= 15 is 0 Å². The van der Waals surface area contributed by atoms with Gasteiger partial charge in [-0.2, -0.15) is 11.8 Å². The van der Waals surface area contributed by atoms with Crippen LogP contribution in [0, 0.1) is 0 Å². The highest BCUT2D eigenvalue weighted by Gasteiger charge is 2.24. The summed E-state index contributed by atoms with van der Waals surface area (Å²) in [6, 6.07) is 2.42. The third-order valence-corrected chi connectivity index (χ3v) is 4.31. The molecule has 0 amide bonds. The summed E-state index contributed by atoms with van der Waals surface area (Å²) in [6.45, 7) is 4.82. The van der Waals surface area contributed by atoms with Crippen LogP contribution in [0.4, 0.5) is 5.82 Å². The molecule has 2 atom stereocenters. The lowest BCUT2D eigenvalue weighted by molar-refractivity contribution is 0.326. The molecule has 0 spiro atoms. The van der Waals surface area contributed by atoms with Crippen molar-refractivity contribution in [1.29, 1.82) is 0 Å². The van der Waals surface area contributed by atoms with E-state index < -0.39 is 0 Å². The summed E-state index contributed by atoms with van der Waals surface area (Å²) in [7, 11) is 0. The van der Waals surface area contributed by atoms with Crippen LogP contribution in [0.2, 0.25) is 0 Å². The Hall–Kier alpha value is -0.970. The Morgan fingerprint density at radius 3 is 3.06 bits per heavy atom. The molecular weight excluding hydrogens is 246 g/mol. The summed E-state index contributed by atoms with van der Waals surface area (Å²) in [5.41, 5.74) is 0. The van der Waals surface area contributed by atoms with Gasteiger partial charge in [0.25, 0.3) is 0 Å². The van der Waals surface area contributed by atoms with E-state index in [1.165, 1.54) is 25.0 Å². The molecule has 0 aliphatic heterocycles. The summed E-state index contributed by atoms with van der Waals surface area (Å²) in [6.07, 6.45) is 5.32. The number of thioether (sulfide) groups is 1. The number of hydrogen-bond acceptors (Lipinski definition) is 5. The van der Waals surface area contributed by atoms with E-state index in [2.05, 4.69) is 34.0 Å². The van der Waals surface area contributed by atoms with Crippen LogP contribution in [0.15, 0.2) is 12.4 Å². The van der Waals surface area contributed by atoms with Gasteiger partial charge in [-0.05, 0) is 31.9 Å². The maximum Gasteiger partial charge on any atom is 0.218 e. The maximum atomic E-state index is 5.38. The molecule has 1 aromatic rings. The first-order valence-corrected chi connectivity index (χ1v) is 7.69. The highest BCUT2D eigenvalue weighted by atomic mass is 32.2. The Morgan fingerprint density at radius 1 is 1.39 bits per heavy atom. The molecule has 100 valence electrons. The normalized spacial score (nSPS) is 23.0. The lowest BCUT2D eigenvalue weighted by atomic mass is 10.2. The van der Waals surface area contributed by atoms with Crippen molar-refractivity contribution in [3.63, 3.8) is 0 Å². The zero-order chi connectivity index (χ0) is 12.8. The van der Waals surface area contributed by atoms with Crippen molar-refractivity contribution in [2.24, 2.45) is 0 Å². The monoisotopic (exact) mass is 267 g/mol. The molecule has 1 aliphatic rings. The summed E-state index contributed by atoms with van der Waals surface area (Å²) >= 11 is 2.07. The zero-order valence-electron chi connectivity index (χ0n) is 11.1. The largest absolute Gasteiger partial charge is 0.478 e. The minimum atomic E-state index is 0.540. The first-order chi connectivity index (χ1) is 8.81. The molecule has 0 radical (unpaired) electrons. The quantitative estimate of drug-likeness (QED) is 0.858. The standard InChI is InChI=1S/C13H21N3OS/c1-3-17-13-8-12(14-9-15-13)16-10-5-6-11(7-10)18-4-2/h8-11H,3-7H2,1-2H3,(H,14,15,16). The van der Waals surface area contributed by atoms with Gasteiger partial charge in [-0.3, -0.25) is 0 Å². The molecule has 0 aromatic carbocycles. The molecule has 1 aromatic heterocycles. The summed E-state index contributed by atoms with van der Waals surface area (Å²) < 4.78 is 5.38. The summed E-state index contributed by atoms with van der Waals surface area (Å²) in [5, 5.41) is 4.29. The second-order valence-corrected chi connectivity index (χ2v) is 5.98. The minimum absolute atomic E-state index is 0.540. The van der Waals surface area contributed by atoms with Gasteiger partial charge in [0.05, 0.1) is 6.61 Å². The fraction of sp³-hybridized carbons (Fsp3) is 0.692. The Morgan fingerprint density at radius 2 is 2.28 bits per heavy atom. The van der Waals surface area contributed by atoms with E-state index in [-0.39, 0.29) is 0 Å². The van der Waals surface area contributed by atoms with Gasteiger partial charge in [0.2, 0.25) is 5.88 Å². The summed E-state index contributed by atoms with van der Waals surface area (Å²) in [4.78, 5) is 8.32. The van der Waals surface area contributed by atoms with Crippen molar-refractivity contribution >= 4 is 17.6 Å². The maximum absolute atomic E-state index is 5.38. The minimum Gasteiger partial charge on any atom is -0.478 e. The molecule has 1 saturated carbocycles. The molecule has 1 fully saturated rings. The average molecular weight is 267 g/mol. The highest BCUT2D eigenvalue weighted by Crippen LogP contribution is 2.31. The number of rotatable bonds is 6. The smallest absolute Gasteiger partial charge is 0.218 e. The molecular formula is C13H21N3OS. The van der Waals surface area contributed by atoms with Crippen molar-refractivity contribution in [1.82, 2.24) is 9.97 Å². The third kappa shape index (κ3) is 3.77. The molecule has 5 heteroatoms. The number of aromatic nitrogens is 2. The van der Waals surface area contributed by atoms with Gasteiger partial charge < -0.3 is 10.1 Å². The topological polar surface area (TPSA) is 47.0 Å². The van der Waals surface area contributed by atoms with Gasteiger partial charge in [-0.25, -0.2) is 9.97 Å². The molecule has 1 heterocycles. The zero-order valence-corrected chi connectivity index (χ0v) is 11.9. The van der Waals surface area contributed by atoms with Crippen LogP contribution in [-0.4, -0.2) is 33.6 Å². The average Bonchev–Trinajstić information content (AvgIpc) is 2.78. The first kappa shape index (κ1) is 13.5. The number of anilines is 1. The van der Waals surface area contributed by atoms with E-state index in [4.69, 9.17) is 4.74 Å². The molecule has 2 unspecified atom stereocenters. The van der Waals surface area contributed by atoms with Crippen molar-refractivity contribution < 1.29 is 4.74 Å². The van der Waals surface area contributed by atoms with Crippen LogP contribution in [0.25, 0.3) is 0 Å². The second-order valence-electron chi connectivity index (χ2n) is 4.41. The van der Waals surface area contributed by atoms with Gasteiger partial charge in [0, 0.05) is 17.4 Å². The molecule has 1 N–H and O–H groups in total. The molecule has 0 saturated heterocycles. The Bertz CT molecular complexity index is 375. The first-order valence-electron chi connectivity index (χ1n) is 6.64. The van der Waals surface area contributed by atoms with Gasteiger partial charge in [-0.15, -0.1) is 0 Å². The van der Waals surface area contributed by atoms with E-state index in [0.29, 0.717) is 18.5 Å². The van der Waals surface area contributed by atoms with Crippen molar-refractivity contribution in [2.45, 2.75) is 44.4 Å². The van der Waals surface area contributed by atoms with Gasteiger partial charge in [0.15, 0.2) is 0 Å². The lowest BCUT2D eigenvalue weighted by Crippen LogP contribution is -2.17. The van der Waals surface area contributed by atoms with Crippen LogP contribution in [0.3, 0.4) is 0 Å². The van der Waals surface area contributed by atoms with E-state index in [9.17, 15) is 0 Å². The van der Waals surface area contributed by atoms with E-state index in [0.717, 1.165) is 11.1 Å². The Kier molecular flexibility index (Phi) is 5.11. The van der Waals surface area contributed by atoms with Crippen LogP contribution >= 0.6 is 11.8 Å². The molecule has 4 nitrogen and oxygen atoms in total. The number of hydrogen-bond donors (Lipinski definition) is 1. The predicted octanol–water partition coefficient (Wildman–Crippen LogP) is 2.96. The fourth-order valence-electron chi connectivity index (χ4n) is 2.31. The van der Waals surface area contributed by atoms with Gasteiger partial charge in [-0.1, -0.05) is 6.92 Å². The SMILES string of the molecule is CCOc1cc(NC2CCC(SCC)C2)ncn1. The molecule has 18 heavy (non-hydrogen) atoms. The van der Waals surface area contributed by atoms with Crippen LogP contribution < -0.4 is 10.1 Å². The van der Waals surface area contributed by atoms with Crippen molar-refractivity contribution in [3.05, 3.63) is 12.4 Å². The van der Waals surface area contributed by atoms with Gasteiger partial charge >= 0.3 is 0 Å². The molecule has 0 bridgehead atoms. The lowest BCUT2D eigenvalue weighted by Gasteiger charge is -2.14. The number of ether oxygens (including phenoxy) is 1. The molecule has 1 aliphatic carbocycles. The highest BCUT2D eigenvalue weighted by molar-refractivity contribution is 7.99. The predicted molar refractivity (Wildman–Crippen MR) is 76.4 cm³/mol. The van der Waals surface area contributed by atoms with Gasteiger partial charge in [0.1, 0.15) is 12.1 Å². The summed E-state index contributed by atoms with van der Waals surface area (Å²) in [5.74, 6) is 2.73. The van der Waals surface area contributed by atoms with Crippen LogP contribution in [0.5, 0.6) is 5.88 Å². The Balaban J connectivity index is 1.88. The van der Waals surface area contributed by atoms with Crippen molar-refractivity contribution in [3.8, 4) is 5.88 Å². The Labute approximate surface area is 113 Å². The van der Waals surface area contributed by atoms with Crippen LogP contribution in [-0.2, 0) is 0 Å². The fourth-order valence-corrected chi connectivity index (χ4v) is 3.46. The van der Waals surface area contributed by atoms with E-state index in [1.54, 1.807) is 6.33 Å². The molecule has 2 rings (SSSR count). The van der Waals surface area contributed by atoms with E-state index in [1.807, 2.05) is 13.0 Å². The number of nitrogens with one attached hydrogen (secondary N) is 1. The second kappa shape index (κ2) is 6.83. The third-order valence-electron chi connectivity index (χ3n) is 3.07.